The number of hydrogen-bond acceptors (Lipinski definition) is 6. The van der Waals surface area contributed by atoms with Crippen LogP contribution in [0.15, 0.2) is 44.9 Å². The molecule has 0 saturated heterocycles. The molecule has 1 aromatic carbocycles. The van der Waals surface area contributed by atoms with Crippen LogP contribution in [0.4, 0.5) is 0 Å². The maximum atomic E-state index is 12.2. The molecule has 0 aliphatic heterocycles. The molecule has 0 saturated carbocycles. The van der Waals surface area contributed by atoms with E-state index in [-0.39, 0.29) is 22.2 Å². The fraction of sp³-hybridized carbons (Fsp3) is 0.200. The first-order chi connectivity index (χ1) is 8.16. The summed E-state index contributed by atoms with van der Waals surface area (Å²) in [5, 5.41) is 6.85. The first-order valence-electron chi connectivity index (χ1n) is 4.98. The Balaban J connectivity index is 2.49. The van der Waals surface area contributed by atoms with Crippen molar-refractivity contribution in [3.8, 4) is 0 Å². The second kappa shape index (κ2) is 4.64. The highest BCUT2D eigenvalue weighted by Gasteiger charge is 2.26. The van der Waals surface area contributed by atoms with Crippen molar-refractivity contribution in [2.75, 3.05) is 6.54 Å². The van der Waals surface area contributed by atoms with Gasteiger partial charge in [-0.25, -0.2) is 13.0 Å². The third-order valence-electron chi connectivity index (χ3n) is 2.21. The molecule has 0 aliphatic carbocycles. The van der Waals surface area contributed by atoms with E-state index in [0.29, 0.717) is 6.42 Å². The highest BCUT2D eigenvalue weighted by atomic mass is 32.2. The van der Waals surface area contributed by atoms with Crippen LogP contribution in [0.3, 0.4) is 0 Å². The molecule has 6 nitrogen and oxygen atoms in total. The summed E-state index contributed by atoms with van der Waals surface area (Å²) in [5.41, 5.74) is 5.63. The van der Waals surface area contributed by atoms with Gasteiger partial charge in [-0.1, -0.05) is 23.4 Å². The van der Waals surface area contributed by atoms with Crippen LogP contribution < -0.4 is 5.73 Å². The number of nitrogens with zero attached hydrogens (tertiary/aromatic N) is 2. The Hall–Kier alpha value is -1.73. The smallest absolute Gasteiger partial charge is 0.229 e. The van der Waals surface area contributed by atoms with Crippen LogP contribution >= 0.6 is 0 Å². The second-order valence-electron chi connectivity index (χ2n) is 3.37. The van der Waals surface area contributed by atoms with E-state index >= 15 is 0 Å². The minimum Gasteiger partial charge on any atom is -0.330 e. The lowest BCUT2D eigenvalue weighted by atomic mass is 10.3. The van der Waals surface area contributed by atoms with Gasteiger partial charge in [0.05, 0.1) is 4.90 Å². The summed E-state index contributed by atoms with van der Waals surface area (Å²) in [7, 11) is -3.67. The topological polar surface area (TPSA) is 99.1 Å². The molecule has 0 fully saturated rings. The molecular weight excluding hydrogens is 242 g/mol. The van der Waals surface area contributed by atoms with Crippen LogP contribution in [0.2, 0.25) is 0 Å². The molecule has 17 heavy (non-hydrogen) atoms. The molecule has 0 spiro atoms. The predicted molar refractivity (Wildman–Crippen MR) is 59.0 cm³/mol. The van der Waals surface area contributed by atoms with Crippen LogP contribution in [0.5, 0.6) is 0 Å². The van der Waals surface area contributed by atoms with Crippen molar-refractivity contribution in [1.29, 1.82) is 0 Å². The molecule has 2 aromatic rings. The Labute approximate surface area is 98.3 Å². The van der Waals surface area contributed by atoms with Gasteiger partial charge in [0.15, 0.2) is 0 Å². The summed E-state index contributed by atoms with van der Waals surface area (Å²) in [6.07, 6.45) is 0.310. The lowest BCUT2D eigenvalue weighted by Gasteiger charge is -2.01. The van der Waals surface area contributed by atoms with E-state index in [9.17, 15) is 8.42 Å². The SMILES string of the molecule is NCCc1nonc1S(=O)(=O)c1ccccc1. The average molecular weight is 253 g/mol. The van der Waals surface area contributed by atoms with Crippen LogP contribution in [0.1, 0.15) is 5.69 Å². The van der Waals surface area contributed by atoms with E-state index in [1.165, 1.54) is 12.1 Å². The summed E-state index contributed by atoms with van der Waals surface area (Å²) < 4.78 is 28.8. The largest absolute Gasteiger partial charge is 0.330 e. The molecule has 1 heterocycles. The maximum Gasteiger partial charge on any atom is 0.229 e. The van der Waals surface area contributed by atoms with Crippen molar-refractivity contribution < 1.29 is 13.0 Å². The van der Waals surface area contributed by atoms with Gasteiger partial charge in [0.25, 0.3) is 0 Å². The van der Waals surface area contributed by atoms with Gasteiger partial charge in [0.1, 0.15) is 5.69 Å². The van der Waals surface area contributed by atoms with Gasteiger partial charge in [-0.2, -0.15) is 0 Å². The molecule has 0 bridgehead atoms. The van der Waals surface area contributed by atoms with Crippen LogP contribution in [-0.4, -0.2) is 25.3 Å². The molecule has 1 aromatic heterocycles. The molecule has 0 amide bonds. The van der Waals surface area contributed by atoms with Crippen molar-refractivity contribution in [3.63, 3.8) is 0 Å². The van der Waals surface area contributed by atoms with Gasteiger partial charge < -0.3 is 5.73 Å². The number of rotatable bonds is 4. The first kappa shape index (κ1) is 11.7. The maximum absolute atomic E-state index is 12.2. The Bertz CT molecular complexity index is 592. The minimum atomic E-state index is -3.67. The zero-order valence-corrected chi connectivity index (χ0v) is 9.72. The Morgan fingerprint density at radius 1 is 1.18 bits per heavy atom. The van der Waals surface area contributed by atoms with Gasteiger partial charge in [-0.05, 0) is 23.8 Å². The van der Waals surface area contributed by atoms with E-state index in [4.69, 9.17) is 5.73 Å². The summed E-state index contributed by atoms with van der Waals surface area (Å²) in [6, 6.07) is 8.01. The number of nitrogens with two attached hydrogens (primary N) is 1. The molecule has 0 atom stereocenters. The summed E-state index contributed by atoms with van der Waals surface area (Å²) >= 11 is 0. The Kier molecular flexibility index (Phi) is 3.21. The normalized spacial score (nSPS) is 11.6. The lowest BCUT2D eigenvalue weighted by molar-refractivity contribution is 0.295. The molecule has 2 N–H and O–H groups in total. The quantitative estimate of drug-likeness (QED) is 0.846. The van der Waals surface area contributed by atoms with E-state index in [0.717, 1.165) is 0 Å². The Morgan fingerprint density at radius 2 is 1.88 bits per heavy atom. The monoisotopic (exact) mass is 253 g/mol. The Morgan fingerprint density at radius 3 is 2.53 bits per heavy atom. The predicted octanol–water partition coefficient (Wildman–Crippen LogP) is 0.404. The van der Waals surface area contributed by atoms with Gasteiger partial charge in [0, 0.05) is 6.42 Å². The molecular formula is C10H11N3O3S. The highest BCUT2D eigenvalue weighted by molar-refractivity contribution is 7.91. The van der Waals surface area contributed by atoms with Crippen molar-refractivity contribution in [2.45, 2.75) is 16.3 Å². The lowest BCUT2D eigenvalue weighted by Crippen LogP contribution is -2.09. The first-order valence-corrected chi connectivity index (χ1v) is 6.46. The molecule has 90 valence electrons. The fourth-order valence-corrected chi connectivity index (χ4v) is 2.72. The van der Waals surface area contributed by atoms with E-state index in [1.807, 2.05) is 0 Å². The van der Waals surface area contributed by atoms with Gasteiger partial charge >= 0.3 is 0 Å². The number of aromatic nitrogens is 2. The summed E-state index contributed by atoms with van der Waals surface area (Å²) in [4.78, 5) is 0.161. The molecule has 0 unspecified atom stereocenters. The standard InChI is InChI=1S/C10H11N3O3S/c11-7-6-9-10(13-16-12-9)17(14,15)8-4-2-1-3-5-8/h1-5H,6-7,11H2. The van der Waals surface area contributed by atoms with Gasteiger partial charge in [-0.3, -0.25) is 0 Å². The van der Waals surface area contributed by atoms with Crippen molar-refractivity contribution in [1.82, 2.24) is 10.3 Å². The molecule has 2 rings (SSSR count). The third kappa shape index (κ3) is 2.20. The fourth-order valence-electron chi connectivity index (χ4n) is 1.40. The van der Waals surface area contributed by atoms with Gasteiger partial charge in [0.2, 0.25) is 14.9 Å². The summed E-state index contributed by atoms with van der Waals surface area (Å²) in [5.74, 6) is 0. The van der Waals surface area contributed by atoms with E-state index in [1.54, 1.807) is 18.2 Å². The molecule has 7 heteroatoms. The second-order valence-corrected chi connectivity index (χ2v) is 5.24. The van der Waals surface area contributed by atoms with Crippen molar-refractivity contribution >= 4 is 9.84 Å². The average Bonchev–Trinajstić information content (AvgIpc) is 2.80. The van der Waals surface area contributed by atoms with Crippen LogP contribution in [0.25, 0.3) is 0 Å². The third-order valence-corrected chi connectivity index (χ3v) is 3.92. The van der Waals surface area contributed by atoms with Crippen molar-refractivity contribution in [2.24, 2.45) is 5.73 Å². The number of sulfone groups is 1. The zero-order chi connectivity index (χ0) is 12.3. The number of benzene rings is 1. The molecule has 0 aliphatic rings. The van der Waals surface area contributed by atoms with Gasteiger partial charge in [-0.15, -0.1) is 0 Å². The van der Waals surface area contributed by atoms with E-state index < -0.39 is 9.84 Å². The summed E-state index contributed by atoms with van der Waals surface area (Å²) in [6.45, 7) is 0.283. The van der Waals surface area contributed by atoms with Crippen LogP contribution in [0, 0.1) is 0 Å². The van der Waals surface area contributed by atoms with Crippen molar-refractivity contribution in [3.05, 3.63) is 36.0 Å². The minimum absolute atomic E-state index is 0.158. The molecule has 0 radical (unpaired) electrons. The van der Waals surface area contributed by atoms with Crippen LogP contribution in [-0.2, 0) is 16.3 Å². The zero-order valence-electron chi connectivity index (χ0n) is 8.91. The van der Waals surface area contributed by atoms with E-state index in [2.05, 4.69) is 14.9 Å². The highest BCUT2D eigenvalue weighted by Crippen LogP contribution is 2.21. The number of hydrogen-bond donors (Lipinski definition) is 1.